The highest BCUT2D eigenvalue weighted by Crippen LogP contribution is 2.45. The number of anilines is 3. The van der Waals surface area contributed by atoms with Crippen molar-refractivity contribution in [1.29, 1.82) is 0 Å². The third kappa shape index (κ3) is 4.05. The lowest BCUT2D eigenvalue weighted by molar-refractivity contribution is 0.674. The fraction of sp³-hybridized carbons (Fsp3) is 0. The Morgan fingerprint density at radius 3 is 1.88 bits per heavy atom. The summed E-state index contributed by atoms with van der Waals surface area (Å²) in [7, 11) is 0. The second kappa shape index (κ2) is 10.1. The van der Waals surface area contributed by atoms with Gasteiger partial charge in [-0.15, -0.1) is 0 Å². The zero-order chi connectivity index (χ0) is 27.9. The molecule has 0 aliphatic rings. The first-order chi connectivity index (χ1) is 20.8. The van der Waals surface area contributed by atoms with Crippen LogP contribution in [-0.2, 0) is 0 Å². The molecule has 42 heavy (non-hydrogen) atoms. The first-order valence-electron chi connectivity index (χ1n) is 14.3. The van der Waals surface area contributed by atoms with Crippen LogP contribution in [0.1, 0.15) is 0 Å². The molecule has 0 saturated carbocycles. The van der Waals surface area contributed by atoms with E-state index < -0.39 is 0 Å². The van der Waals surface area contributed by atoms with E-state index in [0.717, 1.165) is 55.5 Å². The molecule has 0 bridgehead atoms. The van der Waals surface area contributed by atoms with Crippen molar-refractivity contribution in [2.24, 2.45) is 0 Å². The third-order valence-corrected chi connectivity index (χ3v) is 8.05. The van der Waals surface area contributed by atoms with Gasteiger partial charge in [0.05, 0.1) is 5.69 Å². The maximum atomic E-state index is 6.76. The first kappa shape index (κ1) is 24.2. The molecule has 7 aromatic carbocycles. The topological polar surface area (TPSA) is 16.4 Å². The zero-order valence-electron chi connectivity index (χ0n) is 22.9. The van der Waals surface area contributed by atoms with Gasteiger partial charge in [-0.25, -0.2) is 0 Å². The van der Waals surface area contributed by atoms with Crippen LogP contribution in [-0.4, -0.2) is 0 Å². The maximum Gasteiger partial charge on any atom is 0.143 e. The lowest BCUT2D eigenvalue weighted by atomic mass is 9.98. The van der Waals surface area contributed by atoms with Gasteiger partial charge in [0.15, 0.2) is 0 Å². The monoisotopic (exact) mass is 537 g/mol. The van der Waals surface area contributed by atoms with Gasteiger partial charge in [-0.1, -0.05) is 127 Å². The summed E-state index contributed by atoms with van der Waals surface area (Å²) in [6.45, 7) is 0. The molecule has 0 aliphatic heterocycles. The molecule has 2 nitrogen and oxygen atoms in total. The van der Waals surface area contributed by atoms with Crippen LogP contribution in [0.5, 0.6) is 0 Å². The van der Waals surface area contributed by atoms with Crippen LogP contribution >= 0.6 is 0 Å². The quantitative estimate of drug-likeness (QED) is 0.217. The summed E-state index contributed by atoms with van der Waals surface area (Å²) in [5.74, 6) is 0. The first-order valence-corrected chi connectivity index (χ1v) is 14.3. The van der Waals surface area contributed by atoms with E-state index in [1.165, 1.54) is 16.5 Å². The Hall–Kier alpha value is -5.60. The van der Waals surface area contributed by atoms with Crippen molar-refractivity contribution in [2.45, 2.75) is 0 Å². The smallest absolute Gasteiger partial charge is 0.143 e. The predicted molar refractivity (Wildman–Crippen MR) is 177 cm³/mol. The number of furan rings is 1. The van der Waals surface area contributed by atoms with E-state index in [0.29, 0.717) is 0 Å². The van der Waals surface area contributed by atoms with Crippen molar-refractivity contribution in [3.05, 3.63) is 164 Å². The SMILES string of the molecule is c1ccc(-c2cccc(N(c3ccccc3)c3ccccc3-c3cccc4c3oc3c5ccccc5ccc43)c2)cc1. The molecule has 0 aliphatic carbocycles. The number of hydrogen-bond acceptors (Lipinski definition) is 2. The molecule has 1 aromatic heterocycles. The fourth-order valence-electron chi connectivity index (χ4n) is 6.09. The molecule has 8 aromatic rings. The van der Waals surface area contributed by atoms with E-state index >= 15 is 0 Å². The standard InChI is InChI=1S/C40H27NO/c1-3-13-28(14-4-1)30-16-11-19-32(27-30)41(31-17-5-2-6-18-31)38-24-10-9-21-34(38)35-22-12-23-36-37-26-25-29-15-7-8-20-33(29)39(37)42-40(35)36/h1-27H. The zero-order valence-corrected chi connectivity index (χ0v) is 22.9. The van der Waals surface area contributed by atoms with E-state index in [2.05, 4.69) is 169 Å². The normalized spacial score (nSPS) is 11.3. The molecular weight excluding hydrogens is 510 g/mol. The Balaban J connectivity index is 1.36. The molecule has 0 atom stereocenters. The predicted octanol–water partition coefficient (Wildman–Crippen LogP) is 11.5. The Morgan fingerprint density at radius 2 is 1.00 bits per heavy atom. The van der Waals surface area contributed by atoms with Crippen LogP contribution in [0, 0.1) is 0 Å². The molecule has 8 rings (SSSR count). The number of nitrogens with zero attached hydrogens (tertiary/aromatic N) is 1. The molecule has 0 N–H and O–H groups in total. The number of para-hydroxylation sites is 3. The van der Waals surface area contributed by atoms with Crippen molar-refractivity contribution < 1.29 is 4.42 Å². The van der Waals surface area contributed by atoms with E-state index in [9.17, 15) is 0 Å². The molecule has 0 fully saturated rings. The van der Waals surface area contributed by atoms with Gasteiger partial charge in [-0.2, -0.15) is 0 Å². The van der Waals surface area contributed by atoms with E-state index in [1.807, 2.05) is 0 Å². The molecule has 0 spiro atoms. The van der Waals surface area contributed by atoms with Gasteiger partial charge in [0, 0.05) is 38.7 Å². The lowest BCUT2D eigenvalue weighted by Crippen LogP contribution is -2.11. The van der Waals surface area contributed by atoms with E-state index in [1.54, 1.807) is 0 Å². The Morgan fingerprint density at radius 1 is 0.381 bits per heavy atom. The molecule has 198 valence electrons. The number of rotatable bonds is 5. The van der Waals surface area contributed by atoms with Crippen LogP contribution < -0.4 is 4.90 Å². The third-order valence-electron chi connectivity index (χ3n) is 8.05. The van der Waals surface area contributed by atoms with Crippen LogP contribution in [0.3, 0.4) is 0 Å². The average molecular weight is 538 g/mol. The second-order valence-corrected chi connectivity index (χ2v) is 10.6. The summed E-state index contributed by atoms with van der Waals surface area (Å²) < 4.78 is 6.76. The minimum Gasteiger partial charge on any atom is -0.455 e. The van der Waals surface area contributed by atoms with Crippen molar-refractivity contribution in [3.8, 4) is 22.3 Å². The molecular formula is C40H27NO. The van der Waals surface area contributed by atoms with E-state index in [-0.39, 0.29) is 0 Å². The average Bonchev–Trinajstić information content (AvgIpc) is 3.46. The van der Waals surface area contributed by atoms with Crippen molar-refractivity contribution in [1.82, 2.24) is 0 Å². The van der Waals surface area contributed by atoms with Gasteiger partial charge in [-0.05, 0) is 52.9 Å². The Kier molecular flexibility index (Phi) is 5.82. The van der Waals surface area contributed by atoms with Gasteiger partial charge >= 0.3 is 0 Å². The minimum absolute atomic E-state index is 0.905. The Labute approximate surface area is 244 Å². The summed E-state index contributed by atoms with van der Waals surface area (Å²) >= 11 is 0. The van der Waals surface area contributed by atoms with Gasteiger partial charge in [0.1, 0.15) is 11.2 Å². The van der Waals surface area contributed by atoms with Crippen molar-refractivity contribution in [3.63, 3.8) is 0 Å². The molecule has 1 heterocycles. The van der Waals surface area contributed by atoms with Crippen LogP contribution in [0.15, 0.2) is 168 Å². The largest absolute Gasteiger partial charge is 0.455 e. The molecule has 0 radical (unpaired) electrons. The summed E-state index contributed by atoms with van der Waals surface area (Å²) in [4.78, 5) is 2.35. The molecule has 0 saturated heterocycles. The second-order valence-electron chi connectivity index (χ2n) is 10.6. The minimum atomic E-state index is 0.905. The maximum absolute atomic E-state index is 6.76. The molecule has 0 unspecified atom stereocenters. The van der Waals surface area contributed by atoms with Gasteiger partial charge < -0.3 is 9.32 Å². The highest BCUT2D eigenvalue weighted by molar-refractivity contribution is 6.17. The molecule has 0 amide bonds. The van der Waals surface area contributed by atoms with Gasteiger partial charge in [0.2, 0.25) is 0 Å². The van der Waals surface area contributed by atoms with Crippen LogP contribution in [0.2, 0.25) is 0 Å². The highest BCUT2D eigenvalue weighted by Gasteiger charge is 2.20. The fourth-order valence-corrected chi connectivity index (χ4v) is 6.09. The number of fused-ring (bicyclic) bond motifs is 5. The van der Waals surface area contributed by atoms with Gasteiger partial charge in [0.25, 0.3) is 0 Å². The van der Waals surface area contributed by atoms with Crippen LogP contribution in [0.25, 0.3) is 55.0 Å². The number of hydrogen-bond donors (Lipinski definition) is 0. The Bertz CT molecular complexity index is 2200. The molecule has 2 heteroatoms. The van der Waals surface area contributed by atoms with E-state index in [4.69, 9.17) is 4.42 Å². The van der Waals surface area contributed by atoms with Gasteiger partial charge in [-0.3, -0.25) is 0 Å². The highest BCUT2D eigenvalue weighted by atomic mass is 16.3. The summed E-state index contributed by atoms with van der Waals surface area (Å²) in [5.41, 5.74) is 9.68. The number of benzene rings is 7. The van der Waals surface area contributed by atoms with Crippen molar-refractivity contribution >= 4 is 49.8 Å². The lowest BCUT2D eigenvalue weighted by Gasteiger charge is -2.28. The summed E-state index contributed by atoms with van der Waals surface area (Å²) in [5, 5.41) is 4.58. The summed E-state index contributed by atoms with van der Waals surface area (Å²) in [6.07, 6.45) is 0. The summed E-state index contributed by atoms with van der Waals surface area (Å²) in [6, 6.07) is 57.8. The van der Waals surface area contributed by atoms with Crippen molar-refractivity contribution in [2.75, 3.05) is 4.90 Å². The van der Waals surface area contributed by atoms with Crippen LogP contribution in [0.4, 0.5) is 17.1 Å².